The maximum atomic E-state index is 6.02. The van der Waals surface area contributed by atoms with Gasteiger partial charge in [-0.2, -0.15) is 0 Å². The van der Waals surface area contributed by atoms with E-state index in [2.05, 4.69) is 18.7 Å². The number of halogens is 2. The largest absolute Gasteiger partial charge is 0.492 e. The molecule has 0 atom stereocenters. The molecular weight excluding hydrogens is 269 g/mol. The third-order valence-corrected chi connectivity index (χ3v) is 3.45. The Morgan fingerprint density at radius 3 is 2.44 bits per heavy atom. The van der Waals surface area contributed by atoms with Gasteiger partial charge in [0.2, 0.25) is 0 Å². The molecule has 0 N–H and O–H groups in total. The first-order valence-electron chi connectivity index (χ1n) is 6.47. The molecular formula is C14H21Cl2NO. The second kappa shape index (κ2) is 8.63. The van der Waals surface area contributed by atoms with E-state index in [1.54, 1.807) is 12.1 Å². The normalized spacial score (nSPS) is 10.9. The number of hydrogen-bond donors (Lipinski definition) is 0. The minimum absolute atomic E-state index is 0.575. The van der Waals surface area contributed by atoms with E-state index in [1.165, 1.54) is 0 Å². The molecule has 0 unspecified atom stereocenters. The number of rotatable bonds is 8. The first-order chi connectivity index (χ1) is 8.67. The van der Waals surface area contributed by atoms with Crippen LogP contribution in [0.4, 0.5) is 0 Å². The molecule has 18 heavy (non-hydrogen) atoms. The van der Waals surface area contributed by atoms with Crippen molar-refractivity contribution in [1.82, 2.24) is 4.90 Å². The minimum atomic E-state index is 0.575. The van der Waals surface area contributed by atoms with E-state index < -0.39 is 0 Å². The zero-order valence-electron chi connectivity index (χ0n) is 11.1. The molecule has 0 heterocycles. The highest BCUT2D eigenvalue weighted by atomic mass is 35.5. The minimum Gasteiger partial charge on any atom is -0.492 e. The van der Waals surface area contributed by atoms with Gasteiger partial charge >= 0.3 is 0 Å². The summed E-state index contributed by atoms with van der Waals surface area (Å²) in [6.45, 7) is 8.43. The molecule has 102 valence electrons. The van der Waals surface area contributed by atoms with E-state index in [1.807, 2.05) is 6.07 Å². The van der Waals surface area contributed by atoms with Crippen molar-refractivity contribution in [2.45, 2.75) is 26.7 Å². The summed E-state index contributed by atoms with van der Waals surface area (Å²) in [4.78, 5) is 2.41. The Hall–Kier alpha value is -0.440. The van der Waals surface area contributed by atoms with E-state index in [4.69, 9.17) is 27.9 Å². The van der Waals surface area contributed by atoms with Crippen molar-refractivity contribution in [3.05, 3.63) is 28.2 Å². The second-order valence-corrected chi connectivity index (χ2v) is 5.00. The third kappa shape index (κ3) is 5.47. The Morgan fingerprint density at radius 1 is 1.11 bits per heavy atom. The highest BCUT2D eigenvalue weighted by molar-refractivity contribution is 6.35. The summed E-state index contributed by atoms with van der Waals surface area (Å²) in [6.07, 6.45) is 2.18. The van der Waals surface area contributed by atoms with E-state index in [9.17, 15) is 0 Å². The van der Waals surface area contributed by atoms with Crippen molar-refractivity contribution in [2.75, 3.05) is 26.2 Å². The Bertz CT molecular complexity index is 354. The van der Waals surface area contributed by atoms with Crippen molar-refractivity contribution in [3.8, 4) is 5.75 Å². The van der Waals surface area contributed by atoms with Crippen LogP contribution in [0.3, 0.4) is 0 Å². The lowest BCUT2D eigenvalue weighted by Gasteiger charge is -2.17. The molecule has 0 aliphatic rings. The van der Waals surface area contributed by atoms with Gasteiger partial charge in [0.15, 0.2) is 0 Å². The lowest BCUT2D eigenvalue weighted by molar-refractivity contribution is 0.266. The van der Waals surface area contributed by atoms with Crippen molar-refractivity contribution in [2.24, 2.45) is 0 Å². The second-order valence-electron chi connectivity index (χ2n) is 4.16. The van der Waals surface area contributed by atoms with E-state index in [-0.39, 0.29) is 0 Å². The van der Waals surface area contributed by atoms with Gasteiger partial charge < -0.3 is 9.64 Å². The quantitative estimate of drug-likeness (QED) is 0.654. The Balaban J connectivity index is 2.21. The number of unbranched alkanes of at least 4 members (excludes halogenated alkanes) is 1. The predicted molar refractivity (Wildman–Crippen MR) is 79.0 cm³/mol. The maximum absolute atomic E-state index is 6.02. The zero-order valence-corrected chi connectivity index (χ0v) is 12.6. The highest BCUT2D eigenvalue weighted by Gasteiger charge is 2.02. The van der Waals surface area contributed by atoms with Crippen LogP contribution < -0.4 is 4.74 Å². The molecule has 4 heteroatoms. The van der Waals surface area contributed by atoms with Crippen LogP contribution in [0.25, 0.3) is 0 Å². The maximum Gasteiger partial charge on any atom is 0.137 e. The van der Waals surface area contributed by atoms with Gasteiger partial charge in [0.25, 0.3) is 0 Å². The third-order valence-electron chi connectivity index (χ3n) is 2.91. The van der Waals surface area contributed by atoms with Crippen LogP contribution in [-0.4, -0.2) is 31.1 Å². The van der Waals surface area contributed by atoms with Gasteiger partial charge in [0.1, 0.15) is 5.75 Å². The SMILES string of the molecule is CCN(CC)CCCCOc1ccc(Cl)cc1Cl. The summed E-state index contributed by atoms with van der Waals surface area (Å²) in [7, 11) is 0. The number of benzene rings is 1. The van der Waals surface area contributed by atoms with Gasteiger partial charge in [-0.15, -0.1) is 0 Å². The molecule has 2 nitrogen and oxygen atoms in total. The van der Waals surface area contributed by atoms with Crippen LogP contribution in [0.1, 0.15) is 26.7 Å². The summed E-state index contributed by atoms with van der Waals surface area (Å²) in [6, 6.07) is 5.31. The molecule has 0 aliphatic heterocycles. The summed E-state index contributed by atoms with van der Waals surface area (Å²) in [5, 5.41) is 1.21. The molecule has 1 rings (SSSR count). The summed E-state index contributed by atoms with van der Waals surface area (Å²) >= 11 is 11.8. The highest BCUT2D eigenvalue weighted by Crippen LogP contribution is 2.27. The van der Waals surface area contributed by atoms with Crippen LogP contribution in [0.5, 0.6) is 5.75 Å². The first-order valence-corrected chi connectivity index (χ1v) is 7.23. The summed E-state index contributed by atoms with van der Waals surface area (Å²) in [5.74, 6) is 0.712. The van der Waals surface area contributed by atoms with Crippen LogP contribution in [-0.2, 0) is 0 Å². The molecule has 0 amide bonds. The fourth-order valence-electron chi connectivity index (χ4n) is 1.75. The fourth-order valence-corrected chi connectivity index (χ4v) is 2.21. The fraction of sp³-hybridized carbons (Fsp3) is 0.571. The van der Waals surface area contributed by atoms with Crippen molar-refractivity contribution < 1.29 is 4.74 Å². The van der Waals surface area contributed by atoms with E-state index in [0.29, 0.717) is 22.4 Å². The molecule has 0 aromatic heterocycles. The number of hydrogen-bond acceptors (Lipinski definition) is 2. The van der Waals surface area contributed by atoms with Gasteiger partial charge in [-0.25, -0.2) is 0 Å². The summed E-state index contributed by atoms with van der Waals surface area (Å²) < 4.78 is 5.63. The summed E-state index contributed by atoms with van der Waals surface area (Å²) in [5.41, 5.74) is 0. The molecule has 0 fully saturated rings. The average Bonchev–Trinajstić information content (AvgIpc) is 2.36. The van der Waals surface area contributed by atoms with Crippen molar-refractivity contribution >= 4 is 23.2 Å². The van der Waals surface area contributed by atoms with Crippen LogP contribution >= 0.6 is 23.2 Å². The van der Waals surface area contributed by atoms with Crippen LogP contribution in [0.15, 0.2) is 18.2 Å². The molecule has 0 saturated carbocycles. The Kier molecular flexibility index (Phi) is 7.48. The predicted octanol–water partition coefficient (Wildman–Crippen LogP) is 4.49. The molecule has 0 radical (unpaired) electrons. The smallest absolute Gasteiger partial charge is 0.137 e. The molecule has 1 aromatic rings. The lowest BCUT2D eigenvalue weighted by atomic mass is 10.3. The monoisotopic (exact) mass is 289 g/mol. The van der Waals surface area contributed by atoms with Gasteiger partial charge in [0.05, 0.1) is 11.6 Å². The Labute approximate surface area is 120 Å². The standard InChI is InChI=1S/C14H21Cl2NO/c1-3-17(4-2)9-5-6-10-18-14-8-7-12(15)11-13(14)16/h7-8,11H,3-6,9-10H2,1-2H3. The average molecular weight is 290 g/mol. The van der Waals surface area contributed by atoms with Crippen molar-refractivity contribution in [1.29, 1.82) is 0 Å². The molecule has 0 aliphatic carbocycles. The lowest BCUT2D eigenvalue weighted by Crippen LogP contribution is -2.24. The number of nitrogens with zero attached hydrogens (tertiary/aromatic N) is 1. The van der Waals surface area contributed by atoms with Gasteiger partial charge in [-0.1, -0.05) is 37.0 Å². The first kappa shape index (κ1) is 15.6. The van der Waals surface area contributed by atoms with Crippen LogP contribution in [0, 0.1) is 0 Å². The Morgan fingerprint density at radius 2 is 1.83 bits per heavy atom. The van der Waals surface area contributed by atoms with E-state index >= 15 is 0 Å². The molecule has 0 bridgehead atoms. The van der Waals surface area contributed by atoms with Gasteiger partial charge in [-0.05, 0) is 50.7 Å². The van der Waals surface area contributed by atoms with E-state index in [0.717, 1.165) is 32.5 Å². The number of ether oxygens (including phenoxy) is 1. The zero-order chi connectivity index (χ0) is 13.4. The topological polar surface area (TPSA) is 12.5 Å². The van der Waals surface area contributed by atoms with Crippen molar-refractivity contribution in [3.63, 3.8) is 0 Å². The molecule has 0 spiro atoms. The molecule has 0 saturated heterocycles. The molecule has 1 aromatic carbocycles. The van der Waals surface area contributed by atoms with Gasteiger partial charge in [0, 0.05) is 5.02 Å². The van der Waals surface area contributed by atoms with Crippen LogP contribution in [0.2, 0.25) is 10.0 Å². The van der Waals surface area contributed by atoms with Gasteiger partial charge in [-0.3, -0.25) is 0 Å².